The Labute approximate surface area is 110 Å². The molecule has 2 aromatic rings. The lowest BCUT2D eigenvalue weighted by Crippen LogP contribution is -2.03. The molecule has 19 heavy (non-hydrogen) atoms. The Bertz CT molecular complexity index is 575. The van der Waals surface area contributed by atoms with E-state index in [0.29, 0.717) is 29.2 Å². The molecule has 0 N–H and O–H groups in total. The smallest absolute Gasteiger partial charge is 0.338 e. The molecule has 5 nitrogen and oxygen atoms in total. The molecule has 1 aromatic carbocycles. The average molecular weight is 259 g/mol. The standard InChI is InChI=1S/C14H13NO4/c1-3-4-18-12-6-10(13-8-15-9-19-13)5-11(7-12)14(16)17-2/h3,5-9H,1,4H2,2H3. The largest absolute Gasteiger partial charge is 0.490 e. The Hall–Kier alpha value is -2.56. The van der Waals surface area contributed by atoms with E-state index in [0.717, 1.165) is 0 Å². The van der Waals surface area contributed by atoms with Crippen molar-refractivity contribution in [1.82, 2.24) is 4.98 Å². The summed E-state index contributed by atoms with van der Waals surface area (Å²) in [6.07, 6.45) is 4.51. The first-order chi connectivity index (χ1) is 9.24. The third kappa shape index (κ3) is 3.01. The molecule has 0 bridgehead atoms. The van der Waals surface area contributed by atoms with Crippen LogP contribution in [-0.2, 0) is 4.74 Å². The predicted molar refractivity (Wildman–Crippen MR) is 69.0 cm³/mol. The van der Waals surface area contributed by atoms with E-state index in [1.807, 2.05) is 0 Å². The average Bonchev–Trinajstić information content (AvgIpc) is 2.98. The molecule has 0 unspecified atom stereocenters. The quantitative estimate of drug-likeness (QED) is 0.610. The monoisotopic (exact) mass is 259 g/mol. The van der Waals surface area contributed by atoms with Crippen molar-refractivity contribution in [3.8, 4) is 17.1 Å². The number of hydrogen-bond acceptors (Lipinski definition) is 5. The van der Waals surface area contributed by atoms with Crippen molar-refractivity contribution >= 4 is 5.97 Å². The van der Waals surface area contributed by atoms with Gasteiger partial charge in [-0.1, -0.05) is 12.7 Å². The number of ether oxygens (including phenoxy) is 2. The Morgan fingerprint density at radius 2 is 2.32 bits per heavy atom. The van der Waals surface area contributed by atoms with Crippen LogP contribution in [0.2, 0.25) is 0 Å². The highest BCUT2D eigenvalue weighted by atomic mass is 16.5. The molecule has 0 fully saturated rings. The van der Waals surface area contributed by atoms with Crippen LogP contribution in [0.4, 0.5) is 0 Å². The van der Waals surface area contributed by atoms with Gasteiger partial charge in [0.1, 0.15) is 12.4 Å². The molecule has 0 saturated carbocycles. The predicted octanol–water partition coefficient (Wildman–Crippen LogP) is 2.69. The lowest BCUT2D eigenvalue weighted by molar-refractivity contribution is 0.0600. The van der Waals surface area contributed by atoms with Gasteiger partial charge in [-0.15, -0.1) is 0 Å². The van der Waals surface area contributed by atoms with Crippen LogP contribution >= 0.6 is 0 Å². The van der Waals surface area contributed by atoms with E-state index in [2.05, 4.69) is 11.6 Å². The van der Waals surface area contributed by atoms with E-state index in [1.165, 1.54) is 13.5 Å². The molecule has 2 rings (SSSR count). The summed E-state index contributed by atoms with van der Waals surface area (Å²) in [5, 5.41) is 0. The fourth-order valence-electron chi connectivity index (χ4n) is 1.57. The topological polar surface area (TPSA) is 61.6 Å². The Morgan fingerprint density at radius 1 is 1.47 bits per heavy atom. The van der Waals surface area contributed by atoms with Crippen LogP contribution in [0, 0.1) is 0 Å². The summed E-state index contributed by atoms with van der Waals surface area (Å²) in [6.45, 7) is 3.92. The molecule has 1 heterocycles. The molecule has 0 aliphatic carbocycles. The maximum Gasteiger partial charge on any atom is 0.338 e. The van der Waals surface area contributed by atoms with Gasteiger partial charge in [0.15, 0.2) is 12.2 Å². The van der Waals surface area contributed by atoms with Gasteiger partial charge in [-0.25, -0.2) is 9.78 Å². The Balaban J connectivity index is 2.42. The van der Waals surface area contributed by atoms with E-state index in [1.54, 1.807) is 30.5 Å². The number of hydrogen-bond donors (Lipinski definition) is 0. The summed E-state index contributed by atoms with van der Waals surface area (Å²) in [5.74, 6) is 0.647. The van der Waals surface area contributed by atoms with Crippen molar-refractivity contribution in [3.05, 3.63) is 49.0 Å². The maximum atomic E-state index is 11.6. The molecule has 1 aromatic heterocycles. The van der Waals surface area contributed by atoms with Crippen LogP contribution in [-0.4, -0.2) is 24.7 Å². The normalized spacial score (nSPS) is 9.95. The molecule has 0 saturated heterocycles. The van der Waals surface area contributed by atoms with Gasteiger partial charge in [0.25, 0.3) is 0 Å². The van der Waals surface area contributed by atoms with Crippen LogP contribution in [0.3, 0.4) is 0 Å². The molecule has 98 valence electrons. The van der Waals surface area contributed by atoms with Crippen LogP contribution < -0.4 is 4.74 Å². The van der Waals surface area contributed by atoms with E-state index >= 15 is 0 Å². The lowest BCUT2D eigenvalue weighted by atomic mass is 10.1. The molecule has 0 amide bonds. The molecule has 0 aliphatic heterocycles. The van der Waals surface area contributed by atoms with Crippen molar-refractivity contribution in [3.63, 3.8) is 0 Å². The third-order valence-electron chi connectivity index (χ3n) is 2.41. The maximum absolute atomic E-state index is 11.6. The second-order valence-electron chi connectivity index (χ2n) is 3.70. The molecule has 0 atom stereocenters. The summed E-state index contributed by atoms with van der Waals surface area (Å²) in [5.41, 5.74) is 1.08. The summed E-state index contributed by atoms with van der Waals surface area (Å²) in [4.78, 5) is 15.5. The van der Waals surface area contributed by atoms with Crippen LogP contribution in [0.1, 0.15) is 10.4 Å². The van der Waals surface area contributed by atoms with Crippen LogP contribution in [0.25, 0.3) is 11.3 Å². The zero-order chi connectivity index (χ0) is 13.7. The zero-order valence-electron chi connectivity index (χ0n) is 10.5. The van der Waals surface area contributed by atoms with Crippen molar-refractivity contribution in [2.45, 2.75) is 0 Å². The van der Waals surface area contributed by atoms with Gasteiger partial charge >= 0.3 is 5.97 Å². The van der Waals surface area contributed by atoms with Crippen molar-refractivity contribution in [2.75, 3.05) is 13.7 Å². The van der Waals surface area contributed by atoms with Gasteiger partial charge in [0, 0.05) is 5.56 Å². The minimum atomic E-state index is -0.440. The highest BCUT2D eigenvalue weighted by molar-refractivity contribution is 5.91. The first-order valence-electron chi connectivity index (χ1n) is 5.60. The number of benzene rings is 1. The molecular weight excluding hydrogens is 246 g/mol. The molecule has 0 radical (unpaired) electrons. The number of nitrogens with zero attached hydrogens (tertiary/aromatic N) is 1. The second-order valence-corrected chi connectivity index (χ2v) is 3.70. The number of rotatable bonds is 5. The van der Waals surface area contributed by atoms with Crippen molar-refractivity contribution in [1.29, 1.82) is 0 Å². The number of carbonyl (C=O) groups is 1. The minimum absolute atomic E-state index is 0.348. The number of aromatic nitrogens is 1. The first kappa shape index (κ1) is 12.9. The van der Waals surface area contributed by atoms with E-state index in [9.17, 15) is 4.79 Å². The van der Waals surface area contributed by atoms with Crippen LogP contribution in [0.15, 0.2) is 47.9 Å². The zero-order valence-corrected chi connectivity index (χ0v) is 10.5. The molecule has 0 spiro atoms. The number of esters is 1. The summed E-state index contributed by atoms with van der Waals surface area (Å²) < 4.78 is 15.4. The van der Waals surface area contributed by atoms with Crippen molar-refractivity contribution < 1.29 is 18.7 Å². The van der Waals surface area contributed by atoms with Crippen LogP contribution in [0.5, 0.6) is 5.75 Å². The summed E-state index contributed by atoms with van der Waals surface area (Å²) in [7, 11) is 1.33. The first-order valence-corrected chi connectivity index (χ1v) is 5.60. The van der Waals surface area contributed by atoms with Gasteiger partial charge < -0.3 is 13.9 Å². The van der Waals surface area contributed by atoms with Gasteiger partial charge in [-0.05, 0) is 18.2 Å². The third-order valence-corrected chi connectivity index (χ3v) is 2.41. The molecule has 5 heteroatoms. The Morgan fingerprint density at radius 3 is 2.95 bits per heavy atom. The fraction of sp³-hybridized carbons (Fsp3) is 0.143. The number of methoxy groups -OCH3 is 1. The minimum Gasteiger partial charge on any atom is -0.490 e. The van der Waals surface area contributed by atoms with Crippen molar-refractivity contribution in [2.24, 2.45) is 0 Å². The highest BCUT2D eigenvalue weighted by Gasteiger charge is 2.12. The molecular formula is C14H13NO4. The number of oxazole rings is 1. The second kappa shape index (κ2) is 5.86. The van der Waals surface area contributed by atoms with E-state index < -0.39 is 5.97 Å². The Kier molecular flexibility index (Phi) is 3.97. The fourth-order valence-corrected chi connectivity index (χ4v) is 1.57. The van der Waals surface area contributed by atoms with E-state index in [-0.39, 0.29) is 0 Å². The molecule has 0 aliphatic rings. The summed E-state index contributed by atoms with van der Waals surface area (Å²) >= 11 is 0. The SMILES string of the molecule is C=CCOc1cc(C(=O)OC)cc(-c2cnco2)c1. The summed E-state index contributed by atoms with van der Waals surface area (Å²) in [6, 6.07) is 5.03. The number of carbonyl (C=O) groups excluding carboxylic acids is 1. The van der Waals surface area contributed by atoms with Gasteiger partial charge in [0.05, 0.1) is 18.9 Å². The van der Waals surface area contributed by atoms with Gasteiger partial charge in [-0.2, -0.15) is 0 Å². The van der Waals surface area contributed by atoms with E-state index in [4.69, 9.17) is 13.9 Å². The highest BCUT2D eigenvalue weighted by Crippen LogP contribution is 2.26. The lowest BCUT2D eigenvalue weighted by Gasteiger charge is -2.08. The van der Waals surface area contributed by atoms with Gasteiger partial charge in [-0.3, -0.25) is 0 Å². The van der Waals surface area contributed by atoms with Gasteiger partial charge in [0.2, 0.25) is 0 Å².